The number of aromatic nitrogens is 3. The van der Waals surface area contributed by atoms with Crippen LogP contribution in [0.4, 0.5) is 11.9 Å². The maximum Gasteiger partial charge on any atom is 0.243 e. The number of nitrogens with one attached hydrogen (secondary N) is 1. The molecule has 1 heterocycles. The van der Waals surface area contributed by atoms with Crippen molar-refractivity contribution in [2.24, 2.45) is 0 Å². The predicted octanol–water partition coefficient (Wildman–Crippen LogP) is 1.26. The second-order valence-corrected chi connectivity index (χ2v) is 3.63. The summed E-state index contributed by atoms with van der Waals surface area (Å²) in [6.45, 7) is 2.72. The Balaban J connectivity index is 2.27. The van der Waals surface area contributed by atoms with Gasteiger partial charge in [0.15, 0.2) is 0 Å². The molecule has 3 N–H and O–H groups in total. The molecule has 0 aliphatic heterocycles. The van der Waals surface area contributed by atoms with Crippen LogP contribution in [0.2, 0.25) is 0 Å². The van der Waals surface area contributed by atoms with E-state index in [0.717, 1.165) is 0 Å². The van der Waals surface area contributed by atoms with Crippen LogP contribution in [-0.2, 0) is 6.54 Å². The molecule has 5 nitrogen and oxygen atoms in total. The first-order chi connectivity index (χ1) is 7.70. The van der Waals surface area contributed by atoms with Crippen molar-refractivity contribution in [3.63, 3.8) is 0 Å². The topological polar surface area (TPSA) is 68.8 Å². The van der Waals surface area contributed by atoms with Crippen molar-refractivity contribution in [1.82, 2.24) is 14.8 Å². The largest absolute Gasteiger partial charge is 0.368 e. The lowest BCUT2D eigenvalue weighted by Crippen LogP contribution is -2.07. The van der Waals surface area contributed by atoms with Gasteiger partial charge in [-0.1, -0.05) is 24.3 Å². The molecule has 1 aromatic carbocycles. The lowest BCUT2D eigenvalue weighted by atomic mass is 10.1. The van der Waals surface area contributed by atoms with Gasteiger partial charge >= 0.3 is 0 Å². The van der Waals surface area contributed by atoms with Crippen LogP contribution in [0.5, 0.6) is 0 Å². The van der Waals surface area contributed by atoms with Crippen LogP contribution in [0.3, 0.4) is 0 Å². The zero-order valence-corrected chi connectivity index (χ0v) is 9.44. The van der Waals surface area contributed by atoms with E-state index in [1.165, 1.54) is 11.1 Å². The minimum Gasteiger partial charge on any atom is -0.368 e. The normalized spacial score (nSPS) is 10.4. The third-order valence-electron chi connectivity index (χ3n) is 2.51. The number of hydrogen-bond acceptors (Lipinski definition) is 4. The van der Waals surface area contributed by atoms with E-state index in [0.29, 0.717) is 18.4 Å². The van der Waals surface area contributed by atoms with E-state index >= 15 is 0 Å². The van der Waals surface area contributed by atoms with E-state index in [9.17, 15) is 0 Å². The Labute approximate surface area is 94.3 Å². The summed E-state index contributed by atoms with van der Waals surface area (Å²) in [5, 5.41) is 7.10. The Morgan fingerprint density at radius 3 is 2.75 bits per heavy atom. The van der Waals surface area contributed by atoms with E-state index in [4.69, 9.17) is 5.73 Å². The van der Waals surface area contributed by atoms with Crippen molar-refractivity contribution in [2.45, 2.75) is 13.5 Å². The average Bonchev–Trinajstić information content (AvgIpc) is 2.63. The highest BCUT2D eigenvalue weighted by atomic mass is 15.4. The number of nitrogen functional groups attached to an aromatic ring is 1. The number of rotatable bonds is 3. The lowest BCUT2D eigenvalue weighted by molar-refractivity contribution is 0.695. The fourth-order valence-electron chi connectivity index (χ4n) is 1.53. The van der Waals surface area contributed by atoms with Gasteiger partial charge in [-0.15, -0.1) is 5.10 Å². The van der Waals surface area contributed by atoms with E-state index in [-0.39, 0.29) is 0 Å². The zero-order valence-electron chi connectivity index (χ0n) is 9.44. The smallest absolute Gasteiger partial charge is 0.243 e. The van der Waals surface area contributed by atoms with Gasteiger partial charge in [0, 0.05) is 7.05 Å². The number of nitrogens with two attached hydrogens (primary N) is 1. The van der Waals surface area contributed by atoms with Gasteiger partial charge in [0.25, 0.3) is 0 Å². The van der Waals surface area contributed by atoms with Crippen LogP contribution in [-0.4, -0.2) is 21.8 Å². The molecule has 0 saturated carbocycles. The molecule has 0 spiro atoms. The summed E-state index contributed by atoms with van der Waals surface area (Å²) in [6, 6.07) is 8.16. The van der Waals surface area contributed by atoms with Crippen LogP contribution in [0, 0.1) is 6.92 Å². The van der Waals surface area contributed by atoms with Crippen molar-refractivity contribution in [2.75, 3.05) is 18.1 Å². The SMILES string of the molecule is CNc1nc(N)n(Cc2ccccc2C)n1. The van der Waals surface area contributed by atoms with Gasteiger partial charge in [0.1, 0.15) is 0 Å². The molecule has 0 saturated heterocycles. The Bertz CT molecular complexity index is 489. The molecule has 0 unspecified atom stereocenters. The fraction of sp³-hybridized carbons (Fsp3) is 0.273. The Morgan fingerprint density at radius 2 is 2.12 bits per heavy atom. The molecule has 0 aliphatic carbocycles. The molecule has 16 heavy (non-hydrogen) atoms. The van der Waals surface area contributed by atoms with Crippen LogP contribution in [0.1, 0.15) is 11.1 Å². The highest BCUT2D eigenvalue weighted by Crippen LogP contribution is 2.12. The summed E-state index contributed by atoms with van der Waals surface area (Å²) >= 11 is 0. The Kier molecular flexibility index (Phi) is 2.76. The standard InChI is InChI=1S/C11H15N5/c1-8-5-3-4-6-9(8)7-16-10(12)14-11(13-2)15-16/h3-6H,7H2,1-2H3,(H3,12,13,14,15). The first-order valence-electron chi connectivity index (χ1n) is 5.13. The number of benzene rings is 1. The molecular weight excluding hydrogens is 202 g/mol. The zero-order chi connectivity index (χ0) is 11.5. The maximum absolute atomic E-state index is 5.76. The Morgan fingerprint density at radius 1 is 1.38 bits per heavy atom. The lowest BCUT2D eigenvalue weighted by Gasteiger charge is -2.05. The first kappa shape index (κ1) is 10.5. The van der Waals surface area contributed by atoms with Gasteiger partial charge in [-0.05, 0) is 18.1 Å². The molecule has 0 fully saturated rings. The summed E-state index contributed by atoms with van der Waals surface area (Å²) in [5.41, 5.74) is 8.19. The molecular formula is C11H15N5. The number of hydrogen-bond donors (Lipinski definition) is 2. The summed E-state index contributed by atoms with van der Waals surface area (Å²) in [7, 11) is 1.77. The highest BCUT2D eigenvalue weighted by molar-refractivity contribution is 5.32. The second-order valence-electron chi connectivity index (χ2n) is 3.63. The second kappa shape index (κ2) is 4.22. The van der Waals surface area contributed by atoms with Crippen LogP contribution >= 0.6 is 0 Å². The van der Waals surface area contributed by atoms with Gasteiger partial charge in [-0.2, -0.15) is 4.98 Å². The monoisotopic (exact) mass is 217 g/mol. The molecule has 0 radical (unpaired) electrons. The Hall–Kier alpha value is -2.04. The van der Waals surface area contributed by atoms with Gasteiger partial charge in [0.05, 0.1) is 6.54 Å². The van der Waals surface area contributed by atoms with Gasteiger partial charge in [-0.3, -0.25) is 0 Å². The summed E-state index contributed by atoms with van der Waals surface area (Å²) in [6.07, 6.45) is 0. The minimum absolute atomic E-state index is 0.424. The average molecular weight is 217 g/mol. The van der Waals surface area contributed by atoms with Crippen molar-refractivity contribution in [1.29, 1.82) is 0 Å². The van der Waals surface area contributed by atoms with Crippen molar-refractivity contribution >= 4 is 11.9 Å². The van der Waals surface area contributed by atoms with Gasteiger partial charge in [-0.25, -0.2) is 4.68 Å². The summed E-state index contributed by atoms with van der Waals surface area (Å²) < 4.78 is 1.69. The highest BCUT2D eigenvalue weighted by Gasteiger charge is 2.06. The quantitative estimate of drug-likeness (QED) is 0.812. The van der Waals surface area contributed by atoms with Crippen molar-refractivity contribution in [3.05, 3.63) is 35.4 Å². The van der Waals surface area contributed by atoms with Gasteiger partial charge < -0.3 is 11.1 Å². The maximum atomic E-state index is 5.76. The van der Waals surface area contributed by atoms with Crippen molar-refractivity contribution < 1.29 is 0 Å². The minimum atomic E-state index is 0.424. The van der Waals surface area contributed by atoms with E-state index in [1.807, 2.05) is 12.1 Å². The summed E-state index contributed by atoms with van der Waals surface area (Å²) in [5.74, 6) is 0.971. The van der Waals surface area contributed by atoms with Crippen LogP contribution in [0.15, 0.2) is 24.3 Å². The molecule has 0 amide bonds. The number of nitrogens with zero attached hydrogens (tertiary/aromatic N) is 3. The van der Waals surface area contributed by atoms with Crippen LogP contribution < -0.4 is 11.1 Å². The molecule has 0 bridgehead atoms. The molecule has 0 aliphatic rings. The third kappa shape index (κ3) is 1.98. The van der Waals surface area contributed by atoms with E-state index in [1.54, 1.807) is 11.7 Å². The van der Waals surface area contributed by atoms with Crippen LogP contribution in [0.25, 0.3) is 0 Å². The van der Waals surface area contributed by atoms with Crippen molar-refractivity contribution in [3.8, 4) is 0 Å². The molecule has 0 atom stereocenters. The molecule has 2 rings (SSSR count). The van der Waals surface area contributed by atoms with Gasteiger partial charge in [0.2, 0.25) is 11.9 Å². The number of anilines is 2. The third-order valence-corrected chi connectivity index (χ3v) is 2.51. The molecule has 5 heteroatoms. The molecule has 84 valence electrons. The number of aryl methyl sites for hydroxylation is 1. The summed E-state index contributed by atoms with van der Waals surface area (Å²) in [4.78, 5) is 4.07. The predicted molar refractivity (Wildman–Crippen MR) is 64.3 cm³/mol. The fourth-order valence-corrected chi connectivity index (χ4v) is 1.53. The first-order valence-corrected chi connectivity index (χ1v) is 5.13. The molecule has 1 aromatic heterocycles. The van der Waals surface area contributed by atoms with E-state index < -0.39 is 0 Å². The van der Waals surface area contributed by atoms with E-state index in [2.05, 4.69) is 34.5 Å². The molecule has 2 aromatic rings.